The van der Waals surface area contributed by atoms with E-state index in [1.807, 2.05) is 12.3 Å². The van der Waals surface area contributed by atoms with Gasteiger partial charge in [0.05, 0.1) is 6.20 Å². The van der Waals surface area contributed by atoms with Crippen LogP contribution in [0.25, 0.3) is 11.1 Å². The number of H-pyrrole nitrogens is 1. The van der Waals surface area contributed by atoms with Gasteiger partial charge in [0.2, 0.25) is 0 Å². The second kappa shape index (κ2) is 4.63. The summed E-state index contributed by atoms with van der Waals surface area (Å²) >= 11 is 3.60. The molecule has 1 aliphatic heterocycles. The molecule has 0 spiro atoms. The Bertz CT molecular complexity index is 515. The second-order valence-electron chi connectivity index (χ2n) is 4.37. The van der Waals surface area contributed by atoms with Gasteiger partial charge in [-0.15, -0.1) is 0 Å². The van der Waals surface area contributed by atoms with Crippen LogP contribution in [-0.4, -0.2) is 23.3 Å². The number of nitrogens with zero attached hydrogens (tertiary/aromatic N) is 1. The molecule has 2 aromatic rings. The van der Waals surface area contributed by atoms with Crippen molar-refractivity contribution in [3.05, 3.63) is 40.6 Å². The van der Waals surface area contributed by atoms with E-state index in [-0.39, 0.29) is 0 Å². The first-order valence-electron chi connectivity index (χ1n) is 5.85. The van der Waals surface area contributed by atoms with E-state index in [2.05, 4.69) is 49.6 Å². The fourth-order valence-electron chi connectivity index (χ4n) is 2.40. The monoisotopic (exact) mass is 291 g/mol. The molecular weight excluding hydrogens is 278 g/mol. The van der Waals surface area contributed by atoms with Crippen molar-refractivity contribution >= 4 is 15.9 Å². The number of aromatic nitrogens is 2. The number of rotatable bonds is 2. The molecule has 0 bridgehead atoms. The quantitative estimate of drug-likeness (QED) is 0.893. The average Bonchev–Trinajstić information content (AvgIpc) is 3.00. The lowest BCUT2D eigenvalue weighted by Crippen LogP contribution is -2.08. The average molecular weight is 292 g/mol. The van der Waals surface area contributed by atoms with Crippen molar-refractivity contribution in [1.82, 2.24) is 15.5 Å². The Morgan fingerprint density at radius 1 is 1.24 bits per heavy atom. The fraction of sp³-hybridized carbons (Fsp3) is 0.308. The third-order valence-corrected chi connectivity index (χ3v) is 3.99. The summed E-state index contributed by atoms with van der Waals surface area (Å²) in [7, 11) is 0. The Labute approximate surface area is 109 Å². The van der Waals surface area contributed by atoms with Crippen LogP contribution in [0.2, 0.25) is 0 Å². The summed E-state index contributed by atoms with van der Waals surface area (Å²) < 4.78 is 1.12. The summed E-state index contributed by atoms with van der Waals surface area (Å²) in [6.07, 6.45) is 3.10. The summed E-state index contributed by atoms with van der Waals surface area (Å²) in [5.41, 5.74) is 3.68. The highest BCUT2D eigenvalue weighted by atomic mass is 79.9. The van der Waals surface area contributed by atoms with Gasteiger partial charge in [-0.05, 0) is 24.6 Å². The van der Waals surface area contributed by atoms with Crippen molar-refractivity contribution < 1.29 is 0 Å². The zero-order valence-electron chi connectivity index (χ0n) is 9.41. The fourth-order valence-corrected chi connectivity index (χ4v) is 2.90. The van der Waals surface area contributed by atoms with Crippen molar-refractivity contribution in [2.45, 2.75) is 12.3 Å². The van der Waals surface area contributed by atoms with Gasteiger partial charge in [0.25, 0.3) is 0 Å². The summed E-state index contributed by atoms with van der Waals surface area (Å²) in [4.78, 5) is 0. The number of hydrogen-bond acceptors (Lipinski definition) is 2. The third kappa shape index (κ3) is 2.03. The molecule has 0 saturated carbocycles. The molecule has 1 aromatic carbocycles. The maximum atomic E-state index is 4.21. The minimum absolute atomic E-state index is 0.555. The lowest BCUT2D eigenvalue weighted by molar-refractivity contribution is 0.730. The third-order valence-electron chi connectivity index (χ3n) is 3.30. The Morgan fingerprint density at radius 3 is 2.88 bits per heavy atom. The molecule has 1 saturated heterocycles. The van der Waals surface area contributed by atoms with Crippen LogP contribution < -0.4 is 5.32 Å². The zero-order valence-corrected chi connectivity index (χ0v) is 11.0. The molecule has 2 heterocycles. The largest absolute Gasteiger partial charge is 0.316 e. The van der Waals surface area contributed by atoms with E-state index in [0.717, 1.165) is 17.6 Å². The first kappa shape index (κ1) is 11.0. The SMILES string of the molecule is Brc1ccccc1-c1cn[nH]c1C1CCNC1. The van der Waals surface area contributed by atoms with E-state index in [0.29, 0.717) is 5.92 Å². The molecule has 0 radical (unpaired) electrons. The van der Waals surface area contributed by atoms with Crippen LogP contribution in [0, 0.1) is 0 Å². The van der Waals surface area contributed by atoms with Gasteiger partial charge in [-0.1, -0.05) is 34.1 Å². The first-order chi connectivity index (χ1) is 8.36. The molecule has 88 valence electrons. The molecule has 0 aliphatic carbocycles. The molecule has 0 amide bonds. The molecule has 1 aliphatic rings. The maximum absolute atomic E-state index is 4.21. The molecule has 1 unspecified atom stereocenters. The minimum Gasteiger partial charge on any atom is -0.316 e. The van der Waals surface area contributed by atoms with Gasteiger partial charge in [-0.3, -0.25) is 5.10 Å². The summed E-state index contributed by atoms with van der Waals surface area (Å²) in [6.45, 7) is 2.14. The molecule has 1 fully saturated rings. The van der Waals surface area contributed by atoms with Crippen molar-refractivity contribution in [2.75, 3.05) is 13.1 Å². The topological polar surface area (TPSA) is 40.7 Å². The number of benzene rings is 1. The zero-order chi connectivity index (χ0) is 11.7. The van der Waals surface area contributed by atoms with Crippen LogP contribution in [0.15, 0.2) is 34.9 Å². The van der Waals surface area contributed by atoms with E-state index in [9.17, 15) is 0 Å². The lowest BCUT2D eigenvalue weighted by Gasteiger charge is -2.10. The standard InChI is InChI=1S/C13H14BrN3/c14-12-4-2-1-3-10(12)11-8-16-17-13(11)9-5-6-15-7-9/h1-4,8-9,15H,5-7H2,(H,16,17). The second-order valence-corrected chi connectivity index (χ2v) is 5.22. The lowest BCUT2D eigenvalue weighted by atomic mass is 9.97. The summed E-state index contributed by atoms with van der Waals surface area (Å²) in [6, 6.07) is 8.29. The Morgan fingerprint density at radius 2 is 2.12 bits per heavy atom. The van der Waals surface area contributed by atoms with Crippen LogP contribution in [0.1, 0.15) is 18.0 Å². The molecule has 17 heavy (non-hydrogen) atoms. The molecule has 3 rings (SSSR count). The highest BCUT2D eigenvalue weighted by Gasteiger charge is 2.22. The maximum Gasteiger partial charge on any atom is 0.0569 e. The summed E-state index contributed by atoms with van der Waals surface area (Å²) in [5.74, 6) is 0.555. The van der Waals surface area contributed by atoms with E-state index in [4.69, 9.17) is 0 Å². The number of halogens is 1. The van der Waals surface area contributed by atoms with E-state index in [1.165, 1.54) is 23.2 Å². The summed E-state index contributed by atoms with van der Waals surface area (Å²) in [5, 5.41) is 10.8. The Kier molecular flexibility index (Phi) is 2.99. The molecule has 2 N–H and O–H groups in total. The van der Waals surface area contributed by atoms with Crippen LogP contribution in [-0.2, 0) is 0 Å². The highest BCUT2D eigenvalue weighted by Crippen LogP contribution is 2.34. The smallest absolute Gasteiger partial charge is 0.0569 e. The van der Waals surface area contributed by atoms with Gasteiger partial charge in [0, 0.05) is 28.2 Å². The van der Waals surface area contributed by atoms with E-state index < -0.39 is 0 Å². The van der Waals surface area contributed by atoms with Crippen LogP contribution in [0.3, 0.4) is 0 Å². The Balaban J connectivity index is 2.04. The van der Waals surface area contributed by atoms with Gasteiger partial charge in [0.15, 0.2) is 0 Å². The molecule has 1 aromatic heterocycles. The van der Waals surface area contributed by atoms with Gasteiger partial charge >= 0.3 is 0 Å². The minimum atomic E-state index is 0.555. The predicted octanol–water partition coefficient (Wildman–Crippen LogP) is 2.92. The molecular formula is C13H14BrN3. The van der Waals surface area contributed by atoms with Crippen molar-refractivity contribution in [2.24, 2.45) is 0 Å². The molecule has 3 nitrogen and oxygen atoms in total. The first-order valence-corrected chi connectivity index (χ1v) is 6.64. The number of nitrogens with one attached hydrogen (secondary N) is 2. The van der Waals surface area contributed by atoms with Gasteiger partial charge < -0.3 is 5.32 Å². The number of aromatic amines is 1. The normalized spacial score (nSPS) is 19.7. The highest BCUT2D eigenvalue weighted by molar-refractivity contribution is 9.10. The molecule has 4 heteroatoms. The predicted molar refractivity (Wildman–Crippen MR) is 72.0 cm³/mol. The van der Waals surface area contributed by atoms with Gasteiger partial charge in [0.1, 0.15) is 0 Å². The number of hydrogen-bond donors (Lipinski definition) is 2. The van der Waals surface area contributed by atoms with E-state index >= 15 is 0 Å². The van der Waals surface area contributed by atoms with Crippen LogP contribution in [0.4, 0.5) is 0 Å². The van der Waals surface area contributed by atoms with Crippen molar-refractivity contribution in [3.63, 3.8) is 0 Å². The van der Waals surface area contributed by atoms with Crippen molar-refractivity contribution in [3.8, 4) is 11.1 Å². The van der Waals surface area contributed by atoms with Crippen molar-refractivity contribution in [1.29, 1.82) is 0 Å². The van der Waals surface area contributed by atoms with E-state index in [1.54, 1.807) is 0 Å². The van der Waals surface area contributed by atoms with Gasteiger partial charge in [-0.25, -0.2) is 0 Å². The van der Waals surface area contributed by atoms with Crippen LogP contribution >= 0.6 is 15.9 Å². The molecule has 1 atom stereocenters. The Hall–Kier alpha value is -1.13. The van der Waals surface area contributed by atoms with Crippen LogP contribution in [0.5, 0.6) is 0 Å². The van der Waals surface area contributed by atoms with Gasteiger partial charge in [-0.2, -0.15) is 5.10 Å².